The lowest BCUT2D eigenvalue weighted by molar-refractivity contribution is -0.141. The van der Waals surface area contributed by atoms with Gasteiger partial charge in [0.2, 0.25) is 5.95 Å². The zero-order valence-electron chi connectivity index (χ0n) is 12.3. The summed E-state index contributed by atoms with van der Waals surface area (Å²) in [5.74, 6) is 1.28. The predicted molar refractivity (Wildman–Crippen MR) is 84.8 cm³/mol. The highest BCUT2D eigenvalue weighted by atomic mass is 35.5. The van der Waals surface area contributed by atoms with Crippen LogP contribution >= 0.6 is 23.4 Å². The lowest BCUT2D eigenvalue weighted by Crippen LogP contribution is -2.13. The molecule has 7 heteroatoms. The summed E-state index contributed by atoms with van der Waals surface area (Å²) in [7, 11) is 1.43. The maximum Gasteiger partial charge on any atom is 0.306 e. The van der Waals surface area contributed by atoms with Crippen LogP contribution in [-0.2, 0) is 9.53 Å². The number of esters is 1. The van der Waals surface area contributed by atoms with Crippen molar-refractivity contribution >= 4 is 35.3 Å². The molecule has 1 aromatic rings. The van der Waals surface area contributed by atoms with Crippen LogP contribution in [0.3, 0.4) is 0 Å². The number of rotatable bonds is 8. The Bertz CT molecular complexity index is 509. The number of thioether (sulfide) groups is 1. The summed E-state index contributed by atoms with van der Waals surface area (Å²) < 4.78 is 4.76. The number of anilines is 1. The number of methoxy groups -OCH3 is 1. The van der Waals surface area contributed by atoms with E-state index in [0.29, 0.717) is 17.4 Å². The molecule has 1 heterocycles. The molecule has 0 radical (unpaired) electrons. The van der Waals surface area contributed by atoms with Gasteiger partial charge in [0, 0.05) is 12.3 Å². The maximum atomic E-state index is 11.4. The number of nitrogens with one attached hydrogen (secondary N) is 1. The van der Waals surface area contributed by atoms with Gasteiger partial charge >= 0.3 is 5.97 Å². The summed E-state index contributed by atoms with van der Waals surface area (Å²) >= 11 is 7.73. The van der Waals surface area contributed by atoms with E-state index in [-0.39, 0.29) is 11.4 Å². The second-order valence-electron chi connectivity index (χ2n) is 5.32. The Kier molecular flexibility index (Phi) is 5.70. The first kappa shape index (κ1) is 16.4. The molecule has 1 aromatic heterocycles. The van der Waals surface area contributed by atoms with Crippen LogP contribution in [0.25, 0.3) is 0 Å². The number of carbonyl (C=O) groups is 1. The third-order valence-electron chi connectivity index (χ3n) is 3.46. The number of hydrogen-bond acceptors (Lipinski definition) is 6. The zero-order chi connectivity index (χ0) is 15.3. The van der Waals surface area contributed by atoms with E-state index >= 15 is 0 Å². The Morgan fingerprint density at radius 2 is 2.33 bits per heavy atom. The molecule has 0 unspecified atom stereocenters. The molecule has 0 aromatic carbocycles. The molecular formula is C14H20ClN3O2S. The standard InChI is InChI=1S/C14H20ClN3O2S/c1-3-6-16-13-17-8-10(15)12(18-13)21-9-14(4-5-14)7-11(19)20-2/h8H,3-7,9H2,1-2H3,(H,16,17,18). The van der Waals surface area contributed by atoms with Crippen LogP contribution in [0.5, 0.6) is 0 Å². The average molecular weight is 330 g/mol. The summed E-state index contributed by atoms with van der Waals surface area (Å²) in [6.45, 7) is 2.92. The summed E-state index contributed by atoms with van der Waals surface area (Å²) in [5.41, 5.74) is 0.0586. The number of aromatic nitrogens is 2. The van der Waals surface area contributed by atoms with Crippen LogP contribution in [0.4, 0.5) is 5.95 Å². The van der Waals surface area contributed by atoms with E-state index in [9.17, 15) is 4.79 Å². The lowest BCUT2D eigenvalue weighted by Gasteiger charge is -2.13. The van der Waals surface area contributed by atoms with Gasteiger partial charge in [-0.15, -0.1) is 11.8 Å². The van der Waals surface area contributed by atoms with E-state index in [1.807, 2.05) is 0 Å². The largest absolute Gasteiger partial charge is 0.469 e. The fourth-order valence-electron chi connectivity index (χ4n) is 1.92. The number of hydrogen-bond donors (Lipinski definition) is 1. The lowest BCUT2D eigenvalue weighted by atomic mass is 10.1. The van der Waals surface area contributed by atoms with E-state index < -0.39 is 0 Å². The maximum absolute atomic E-state index is 11.4. The van der Waals surface area contributed by atoms with Crippen LogP contribution in [0.1, 0.15) is 32.6 Å². The number of nitrogens with zero attached hydrogens (tertiary/aromatic N) is 2. The predicted octanol–water partition coefficient (Wildman–Crippen LogP) is 3.39. The van der Waals surface area contributed by atoms with Crippen molar-refractivity contribution < 1.29 is 9.53 Å². The first-order valence-electron chi connectivity index (χ1n) is 7.04. The van der Waals surface area contributed by atoms with Crippen LogP contribution in [0, 0.1) is 5.41 Å². The number of carbonyl (C=O) groups excluding carboxylic acids is 1. The molecule has 0 atom stereocenters. The summed E-state index contributed by atoms with van der Waals surface area (Å²) in [6.07, 6.45) is 5.21. The molecule has 2 rings (SSSR count). The highest BCUT2D eigenvalue weighted by molar-refractivity contribution is 7.99. The smallest absolute Gasteiger partial charge is 0.306 e. The molecule has 0 spiro atoms. The van der Waals surface area contributed by atoms with Gasteiger partial charge in [-0.3, -0.25) is 4.79 Å². The molecule has 1 fully saturated rings. The minimum atomic E-state index is -0.146. The van der Waals surface area contributed by atoms with E-state index in [1.54, 1.807) is 18.0 Å². The van der Waals surface area contributed by atoms with Crippen LogP contribution in [-0.4, -0.2) is 35.3 Å². The Morgan fingerprint density at radius 1 is 1.57 bits per heavy atom. The minimum Gasteiger partial charge on any atom is -0.469 e. The molecule has 1 N–H and O–H groups in total. The molecule has 21 heavy (non-hydrogen) atoms. The van der Waals surface area contributed by atoms with Crippen LogP contribution in [0.15, 0.2) is 11.2 Å². The van der Waals surface area contributed by atoms with E-state index in [2.05, 4.69) is 22.2 Å². The highest BCUT2D eigenvalue weighted by Crippen LogP contribution is 2.52. The average Bonchev–Trinajstić information content (AvgIpc) is 3.24. The Balaban J connectivity index is 1.94. The first-order chi connectivity index (χ1) is 10.1. The van der Waals surface area contributed by atoms with Gasteiger partial charge in [-0.2, -0.15) is 0 Å². The third-order valence-corrected chi connectivity index (χ3v) is 5.19. The number of ether oxygens (including phenoxy) is 1. The van der Waals surface area contributed by atoms with E-state index in [1.165, 1.54) is 7.11 Å². The molecule has 1 saturated carbocycles. The van der Waals surface area contributed by atoms with Crippen molar-refractivity contribution in [3.63, 3.8) is 0 Å². The van der Waals surface area contributed by atoms with Gasteiger partial charge in [0.1, 0.15) is 5.03 Å². The minimum absolute atomic E-state index is 0.0586. The van der Waals surface area contributed by atoms with Gasteiger partial charge in [-0.25, -0.2) is 9.97 Å². The molecule has 0 bridgehead atoms. The number of halogens is 1. The van der Waals surface area contributed by atoms with Crippen molar-refractivity contribution in [3.05, 3.63) is 11.2 Å². The first-order valence-corrected chi connectivity index (χ1v) is 8.41. The molecule has 0 aliphatic heterocycles. The molecule has 1 aliphatic carbocycles. The molecule has 1 aliphatic rings. The van der Waals surface area contributed by atoms with E-state index in [0.717, 1.165) is 36.6 Å². The quantitative estimate of drug-likeness (QED) is 0.448. The second kappa shape index (κ2) is 7.31. The van der Waals surface area contributed by atoms with Crippen molar-refractivity contribution in [2.75, 3.05) is 24.7 Å². The summed E-state index contributed by atoms with van der Waals surface area (Å²) in [5, 5.41) is 4.46. The Hall–Kier alpha value is -1.01. The van der Waals surface area contributed by atoms with Gasteiger partial charge in [-0.05, 0) is 24.7 Å². The molecule has 116 valence electrons. The summed E-state index contributed by atoms with van der Waals surface area (Å²) in [6, 6.07) is 0. The van der Waals surface area contributed by atoms with Crippen molar-refractivity contribution in [2.24, 2.45) is 5.41 Å². The molecule has 0 amide bonds. The van der Waals surface area contributed by atoms with Gasteiger partial charge in [0.25, 0.3) is 0 Å². The zero-order valence-corrected chi connectivity index (χ0v) is 13.9. The second-order valence-corrected chi connectivity index (χ2v) is 6.69. The normalized spacial score (nSPS) is 15.6. The Morgan fingerprint density at radius 3 is 2.95 bits per heavy atom. The molecule has 0 saturated heterocycles. The SMILES string of the molecule is CCCNc1ncc(Cl)c(SCC2(CC(=O)OC)CC2)n1. The van der Waals surface area contributed by atoms with Crippen molar-refractivity contribution in [1.82, 2.24) is 9.97 Å². The van der Waals surface area contributed by atoms with Gasteiger partial charge in [0.15, 0.2) is 0 Å². The van der Waals surface area contributed by atoms with Gasteiger partial charge in [0.05, 0.1) is 24.8 Å². The van der Waals surface area contributed by atoms with Gasteiger partial charge in [-0.1, -0.05) is 18.5 Å². The van der Waals surface area contributed by atoms with Crippen molar-refractivity contribution in [2.45, 2.75) is 37.6 Å². The fourth-order valence-corrected chi connectivity index (χ4v) is 3.35. The fraction of sp³-hybridized carbons (Fsp3) is 0.643. The van der Waals surface area contributed by atoms with E-state index in [4.69, 9.17) is 16.3 Å². The molecular weight excluding hydrogens is 310 g/mol. The van der Waals surface area contributed by atoms with Crippen LogP contribution in [0.2, 0.25) is 5.02 Å². The van der Waals surface area contributed by atoms with Crippen molar-refractivity contribution in [1.29, 1.82) is 0 Å². The third kappa shape index (κ3) is 4.74. The topological polar surface area (TPSA) is 64.1 Å². The van der Waals surface area contributed by atoms with Gasteiger partial charge < -0.3 is 10.1 Å². The summed E-state index contributed by atoms with van der Waals surface area (Å²) in [4.78, 5) is 20.0. The monoisotopic (exact) mass is 329 g/mol. The molecule has 5 nitrogen and oxygen atoms in total. The van der Waals surface area contributed by atoms with Crippen molar-refractivity contribution in [3.8, 4) is 0 Å². The highest BCUT2D eigenvalue weighted by Gasteiger charge is 2.44. The van der Waals surface area contributed by atoms with Crippen LogP contribution < -0.4 is 5.32 Å². The Labute approximate surface area is 134 Å².